The van der Waals surface area contributed by atoms with Crippen molar-refractivity contribution in [2.45, 2.75) is 25.4 Å². The van der Waals surface area contributed by atoms with Crippen molar-refractivity contribution in [3.8, 4) is 0 Å². The molecule has 3 aliphatic rings. The van der Waals surface area contributed by atoms with E-state index in [1.807, 2.05) is 0 Å². The van der Waals surface area contributed by atoms with Gasteiger partial charge in [0.2, 0.25) is 0 Å². The van der Waals surface area contributed by atoms with E-state index in [0.717, 1.165) is 18.9 Å². The van der Waals surface area contributed by atoms with Gasteiger partial charge >= 0.3 is 12.1 Å². The van der Waals surface area contributed by atoms with Gasteiger partial charge in [-0.05, 0) is 31.1 Å². The van der Waals surface area contributed by atoms with E-state index in [9.17, 15) is 9.59 Å². The number of hydrogen-bond acceptors (Lipinski definition) is 4. The summed E-state index contributed by atoms with van der Waals surface area (Å²) >= 11 is 0. The summed E-state index contributed by atoms with van der Waals surface area (Å²) in [6.45, 7) is 3.69. The number of carbonyl (C=O) groups is 2. The first-order chi connectivity index (χ1) is 10.2. The molecule has 2 saturated carbocycles. The molecule has 114 valence electrons. The fourth-order valence-corrected chi connectivity index (χ4v) is 4.22. The number of allylic oxidation sites excluding steroid dienone is 2. The number of carbonyl (C=O) groups excluding carboxylic acids is 2. The molecule has 2 fully saturated rings. The van der Waals surface area contributed by atoms with Gasteiger partial charge in [0, 0.05) is 17.9 Å². The lowest BCUT2D eigenvalue weighted by molar-refractivity contribution is -0.137. The molecular weight excluding hydrogens is 270 g/mol. The van der Waals surface area contributed by atoms with Crippen LogP contribution in [0.15, 0.2) is 24.8 Å². The normalized spacial score (nSPS) is 35.3. The van der Waals surface area contributed by atoms with E-state index >= 15 is 0 Å². The Balaban J connectivity index is 1.43. The van der Waals surface area contributed by atoms with Gasteiger partial charge in [-0.25, -0.2) is 9.59 Å². The predicted molar refractivity (Wildman–Crippen MR) is 76.4 cm³/mol. The third-order valence-corrected chi connectivity index (χ3v) is 5.01. The Labute approximate surface area is 124 Å². The summed E-state index contributed by atoms with van der Waals surface area (Å²) in [6.07, 6.45) is 8.78. The van der Waals surface area contributed by atoms with E-state index in [0.29, 0.717) is 23.7 Å². The molecule has 0 aromatic carbocycles. The highest BCUT2D eigenvalue weighted by Crippen LogP contribution is 2.57. The van der Waals surface area contributed by atoms with Crippen molar-refractivity contribution in [2.24, 2.45) is 23.7 Å². The minimum atomic E-state index is -0.487. The number of hydrogen-bond donors (Lipinski definition) is 1. The van der Waals surface area contributed by atoms with Gasteiger partial charge in [-0.3, -0.25) is 0 Å². The summed E-state index contributed by atoms with van der Waals surface area (Å²) < 4.78 is 10.4. The molecular formula is C16H21NO4. The maximum absolute atomic E-state index is 11.8. The lowest BCUT2D eigenvalue weighted by Gasteiger charge is -2.22. The molecule has 0 aromatic heterocycles. The Morgan fingerprint density at radius 3 is 2.86 bits per heavy atom. The molecule has 5 nitrogen and oxygen atoms in total. The van der Waals surface area contributed by atoms with E-state index in [-0.39, 0.29) is 19.3 Å². The fraction of sp³-hybridized carbons (Fsp3) is 0.625. The van der Waals surface area contributed by atoms with Crippen LogP contribution in [-0.4, -0.2) is 31.3 Å². The number of nitrogens with one attached hydrogen (secondary N) is 1. The van der Waals surface area contributed by atoms with Crippen LogP contribution in [0.3, 0.4) is 0 Å². The lowest BCUT2D eigenvalue weighted by Crippen LogP contribution is -2.34. The van der Waals surface area contributed by atoms with E-state index < -0.39 is 12.1 Å². The Morgan fingerprint density at radius 2 is 2.10 bits per heavy atom. The zero-order valence-electron chi connectivity index (χ0n) is 12.0. The Morgan fingerprint density at radius 1 is 1.29 bits per heavy atom. The van der Waals surface area contributed by atoms with Crippen molar-refractivity contribution < 1.29 is 19.1 Å². The smallest absolute Gasteiger partial charge is 0.407 e. The monoisotopic (exact) mass is 291 g/mol. The van der Waals surface area contributed by atoms with Gasteiger partial charge in [0.05, 0.1) is 6.54 Å². The summed E-state index contributed by atoms with van der Waals surface area (Å²) in [6, 6.07) is 0. The highest BCUT2D eigenvalue weighted by atomic mass is 16.6. The molecule has 2 bridgehead atoms. The van der Waals surface area contributed by atoms with Crippen molar-refractivity contribution in [3.05, 3.63) is 24.8 Å². The number of rotatable bonds is 5. The lowest BCUT2D eigenvalue weighted by atomic mass is 9.82. The van der Waals surface area contributed by atoms with Crippen LogP contribution in [0, 0.1) is 23.7 Å². The zero-order valence-corrected chi connectivity index (χ0v) is 12.0. The fourth-order valence-electron chi connectivity index (χ4n) is 4.22. The van der Waals surface area contributed by atoms with Crippen LogP contribution in [0.1, 0.15) is 19.3 Å². The van der Waals surface area contributed by atoms with Gasteiger partial charge in [0.15, 0.2) is 0 Å². The quantitative estimate of drug-likeness (QED) is 0.364. The highest BCUT2D eigenvalue weighted by Gasteiger charge is 2.56. The third kappa shape index (κ3) is 2.69. The molecule has 0 saturated heterocycles. The van der Waals surface area contributed by atoms with Crippen molar-refractivity contribution in [1.82, 2.24) is 5.32 Å². The Bertz CT molecular complexity index is 473. The van der Waals surface area contributed by atoms with Crippen LogP contribution < -0.4 is 5.32 Å². The van der Waals surface area contributed by atoms with Crippen molar-refractivity contribution in [2.75, 3.05) is 13.2 Å². The molecule has 5 atom stereocenters. The van der Waals surface area contributed by atoms with Gasteiger partial charge < -0.3 is 14.8 Å². The Hall–Kier alpha value is -1.78. The van der Waals surface area contributed by atoms with Crippen LogP contribution in [-0.2, 0) is 14.3 Å². The van der Waals surface area contributed by atoms with Crippen molar-refractivity contribution in [3.63, 3.8) is 0 Å². The number of alkyl carbamates (subject to hydrolysis) is 1. The summed E-state index contributed by atoms with van der Waals surface area (Å²) in [4.78, 5) is 22.7. The number of amides is 1. The largest absolute Gasteiger partial charge is 0.461 e. The van der Waals surface area contributed by atoms with E-state index in [2.05, 4.69) is 24.0 Å². The van der Waals surface area contributed by atoms with Crippen LogP contribution in [0.2, 0.25) is 0 Å². The SMILES string of the molecule is C=CC(=O)OCCNC(=O)OC1C2CCC1C1CC=CC12. The molecule has 0 aliphatic heterocycles. The van der Waals surface area contributed by atoms with E-state index in [1.165, 1.54) is 6.42 Å². The first-order valence-electron chi connectivity index (χ1n) is 7.61. The Kier molecular flexibility index (Phi) is 3.99. The minimum Gasteiger partial charge on any atom is -0.461 e. The molecule has 1 N–H and O–H groups in total. The summed E-state index contributed by atoms with van der Waals surface area (Å²) in [7, 11) is 0. The van der Waals surface area contributed by atoms with Crippen molar-refractivity contribution >= 4 is 12.1 Å². The summed E-state index contributed by atoms with van der Waals surface area (Å²) in [5.41, 5.74) is 0. The van der Waals surface area contributed by atoms with E-state index in [4.69, 9.17) is 9.47 Å². The van der Waals surface area contributed by atoms with Crippen LogP contribution in [0.5, 0.6) is 0 Å². The molecule has 0 heterocycles. The first-order valence-corrected chi connectivity index (χ1v) is 7.61. The van der Waals surface area contributed by atoms with Gasteiger partial charge in [-0.2, -0.15) is 0 Å². The predicted octanol–water partition coefficient (Wildman–Crippen LogP) is 2.04. The molecule has 5 heteroatoms. The van der Waals surface area contributed by atoms with Crippen LogP contribution in [0.4, 0.5) is 4.79 Å². The molecule has 0 spiro atoms. The summed E-state index contributed by atoms with van der Waals surface area (Å²) in [5, 5.41) is 2.63. The second kappa shape index (κ2) is 5.92. The van der Waals surface area contributed by atoms with Gasteiger partial charge in [-0.1, -0.05) is 18.7 Å². The highest BCUT2D eigenvalue weighted by molar-refractivity contribution is 5.81. The second-order valence-electron chi connectivity index (χ2n) is 5.98. The first kappa shape index (κ1) is 14.2. The zero-order chi connectivity index (χ0) is 14.8. The molecule has 3 aliphatic carbocycles. The van der Waals surface area contributed by atoms with Gasteiger partial charge in [-0.15, -0.1) is 0 Å². The van der Waals surface area contributed by atoms with Crippen LogP contribution >= 0.6 is 0 Å². The van der Waals surface area contributed by atoms with Crippen LogP contribution in [0.25, 0.3) is 0 Å². The number of fused-ring (bicyclic) bond motifs is 5. The summed E-state index contributed by atoms with van der Waals surface area (Å²) in [5.74, 6) is 1.80. The second-order valence-corrected chi connectivity index (χ2v) is 5.98. The average molecular weight is 291 g/mol. The standard InChI is InChI=1S/C16H21NO4/c1-2-14(18)20-9-8-17-16(19)21-15-12-6-7-13(15)11-5-3-4-10(11)12/h2-4,10-13,15H,1,5-9H2,(H,17,19). The number of ether oxygens (including phenoxy) is 2. The molecule has 0 aromatic rings. The minimum absolute atomic E-state index is 0.0562. The molecule has 0 radical (unpaired) electrons. The van der Waals surface area contributed by atoms with Crippen molar-refractivity contribution in [1.29, 1.82) is 0 Å². The molecule has 3 rings (SSSR count). The van der Waals surface area contributed by atoms with E-state index in [1.54, 1.807) is 0 Å². The maximum atomic E-state index is 11.8. The maximum Gasteiger partial charge on any atom is 0.407 e. The molecule has 1 amide bonds. The topological polar surface area (TPSA) is 64.6 Å². The number of esters is 1. The molecule has 5 unspecified atom stereocenters. The molecule has 21 heavy (non-hydrogen) atoms. The van der Waals surface area contributed by atoms with Gasteiger partial charge in [0.1, 0.15) is 12.7 Å². The average Bonchev–Trinajstić information content (AvgIpc) is 3.15. The van der Waals surface area contributed by atoms with Gasteiger partial charge in [0.25, 0.3) is 0 Å². The third-order valence-electron chi connectivity index (χ3n) is 5.01.